The summed E-state index contributed by atoms with van der Waals surface area (Å²) in [6, 6.07) is 11.8. The van der Waals surface area contributed by atoms with E-state index in [1.807, 2.05) is 23.9 Å². The lowest BCUT2D eigenvalue weighted by molar-refractivity contribution is 0.563. The van der Waals surface area contributed by atoms with E-state index in [4.69, 9.17) is 0 Å². The van der Waals surface area contributed by atoms with Crippen molar-refractivity contribution in [1.82, 2.24) is 20.1 Å². The fraction of sp³-hybridized carbons (Fsp3) is 0.222. The van der Waals surface area contributed by atoms with E-state index in [9.17, 15) is 4.39 Å². The van der Waals surface area contributed by atoms with Crippen LogP contribution in [0.1, 0.15) is 24.1 Å². The van der Waals surface area contributed by atoms with Crippen LogP contribution in [-0.4, -0.2) is 21.3 Å². The first-order valence-corrected chi connectivity index (χ1v) is 7.65. The number of hydrogen-bond acceptors (Lipinski definition) is 3. The Morgan fingerprint density at radius 3 is 2.74 bits per heavy atom. The summed E-state index contributed by atoms with van der Waals surface area (Å²) in [7, 11) is 0. The van der Waals surface area contributed by atoms with Gasteiger partial charge in [-0.2, -0.15) is 5.10 Å². The van der Waals surface area contributed by atoms with Gasteiger partial charge < -0.3 is 5.32 Å². The van der Waals surface area contributed by atoms with Crippen molar-refractivity contribution < 1.29 is 4.39 Å². The zero-order valence-electron chi connectivity index (χ0n) is 13.0. The number of rotatable bonds is 6. The lowest BCUT2D eigenvalue weighted by Gasteiger charge is -2.14. The zero-order valence-corrected chi connectivity index (χ0v) is 13.0. The molecule has 0 aliphatic rings. The van der Waals surface area contributed by atoms with E-state index in [0.29, 0.717) is 0 Å². The highest BCUT2D eigenvalue weighted by atomic mass is 19.1. The minimum Gasteiger partial charge on any atom is -0.310 e. The van der Waals surface area contributed by atoms with Gasteiger partial charge in [0.05, 0.1) is 11.9 Å². The van der Waals surface area contributed by atoms with E-state index in [1.54, 1.807) is 12.4 Å². The molecule has 3 rings (SSSR count). The van der Waals surface area contributed by atoms with E-state index in [1.165, 1.54) is 17.8 Å². The van der Waals surface area contributed by atoms with Crippen molar-refractivity contribution in [2.24, 2.45) is 0 Å². The number of hydrogen-bond donors (Lipinski definition) is 1. The summed E-state index contributed by atoms with van der Waals surface area (Å²) in [6.07, 6.45) is 7.51. The molecule has 118 valence electrons. The summed E-state index contributed by atoms with van der Waals surface area (Å²) in [4.78, 5) is 3.88. The van der Waals surface area contributed by atoms with Crippen molar-refractivity contribution in [2.75, 3.05) is 6.54 Å². The van der Waals surface area contributed by atoms with Gasteiger partial charge in [0.15, 0.2) is 0 Å². The monoisotopic (exact) mass is 310 g/mol. The van der Waals surface area contributed by atoms with Crippen LogP contribution in [0, 0.1) is 5.82 Å². The summed E-state index contributed by atoms with van der Waals surface area (Å²) >= 11 is 0. The van der Waals surface area contributed by atoms with Crippen LogP contribution >= 0.6 is 0 Å². The van der Waals surface area contributed by atoms with Gasteiger partial charge in [-0.05, 0) is 55.3 Å². The molecule has 0 spiro atoms. The molecule has 3 aromatic rings. The summed E-state index contributed by atoms with van der Waals surface area (Å²) in [5, 5.41) is 7.60. The number of aromatic nitrogens is 3. The van der Waals surface area contributed by atoms with Crippen LogP contribution in [0.25, 0.3) is 5.69 Å². The Morgan fingerprint density at radius 1 is 1.22 bits per heavy atom. The summed E-state index contributed by atoms with van der Waals surface area (Å²) in [5.74, 6) is -0.301. The van der Waals surface area contributed by atoms with Gasteiger partial charge in [0.2, 0.25) is 0 Å². The van der Waals surface area contributed by atoms with Crippen molar-refractivity contribution >= 4 is 0 Å². The molecule has 2 heterocycles. The van der Waals surface area contributed by atoms with Crippen LogP contribution < -0.4 is 5.32 Å². The molecule has 1 N–H and O–H groups in total. The highest BCUT2D eigenvalue weighted by molar-refractivity contribution is 5.33. The van der Waals surface area contributed by atoms with Crippen molar-refractivity contribution in [2.45, 2.75) is 19.4 Å². The molecule has 1 aromatic carbocycles. The van der Waals surface area contributed by atoms with Crippen LogP contribution in [0.15, 0.2) is 61.2 Å². The number of nitrogens with one attached hydrogen (secondary N) is 1. The first-order chi connectivity index (χ1) is 11.2. The Labute approximate surface area is 135 Å². The Hall–Kier alpha value is -2.53. The molecule has 0 aliphatic carbocycles. The van der Waals surface area contributed by atoms with Gasteiger partial charge in [0, 0.05) is 24.6 Å². The first kappa shape index (κ1) is 15.4. The number of pyridine rings is 1. The highest BCUT2D eigenvalue weighted by Gasteiger charge is 2.06. The molecule has 0 aliphatic heterocycles. The van der Waals surface area contributed by atoms with Crippen LogP contribution in [0.5, 0.6) is 0 Å². The van der Waals surface area contributed by atoms with E-state index in [2.05, 4.69) is 39.7 Å². The van der Waals surface area contributed by atoms with Crippen LogP contribution in [0.4, 0.5) is 4.39 Å². The number of benzene rings is 1. The van der Waals surface area contributed by atoms with Gasteiger partial charge in [-0.15, -0.1) is 0 Å². The third kappa shape index (κ3) is 4.02. The second-order valence-corrected chi connectivity index (χ2v) is 5.48. The normalized spacial score (nSPS) is 12.3. The van der Waals surface area contributed by atoms with E-state index in [0.717, 1.165) is 24.2 Å². The van der Waals surface area contributed by atoms with Gasteiger partial charge in [-0.25, -0.2) is 9.07 Å². The summed E-state index contributed by atoms with van der Waals surface area (Å²) in [5.41, 5.74) is 3.16. The van der Waals surface area contributed by atoms with Gasteiger partial charge in [-0.3, -0.25) is 4.98 Å². The predicted molar refractivity (Wildman–Crippen MR) is 87.9 cm³/mol. The molecule has 0 fully saturated rings. The molecule has 0 amide bonds. The molecular weight excluding hydrogens is 291 g/mol. The second kappa shape index (κ2) is 7.15. The molecular formula is C18H19FN4. The Morgan fingerprint density at radius 2 is 2.04 bits per heavy atom. The Balaban J connectivity index is 1.52. The maximum Gasteiger partial charge on any atom is 0.141 e. The van der Waals surface area contributed by atoms with Crippen molar-refractivity contribution in [1.29, 1.82) is 0 Å². The average molecular weight is 310 g/mol. The van der Waals surface area contributed by atoms with Gasteiger partial charge in [-0.1, -0.05) is 12.1 Å². The predicted octanol–water partition coefficient (Wildman–Crippen LogP) is 3.30. The molecule has 1 atom stereocenters. The van der Waals surface area contributed by atoms with Gasteiger partial charge >= 0.3 is 0 Å². The van der Waals surface area contributed by atoms with Crippen molar-refractivity contribution in [3.8, 4) is 5.69 Å². The maximum atomic E-state index is 13.2. The third-order valence-corrected chi connectivity index (χ3v) is 3.80. The maximum absolute atomic E-state index is 13.2. The molecule has 5 heteroatoms. The topological polar surface area (TPSA) is 42.7 Å². The van der Waals surface area contributed by atoms with Crippen molar-refractivity contribution in [3.63, 3.8) is 0 Å². The number of halogens is 1. The third-order valence-electron chi connectivity index (χ3n) is 3.80. The lowest BCUT2D eigenvalue weighted by Crippen LogP contribution is -2.21. The molecule has 0 saturated heterocycles. The highest BCUT2D eigenvalue weighted by Crippen LogP contribution is 2.13. The molecule has 23 heavy (non-hydrogen) atoms. The van der Waals surface area contributed by atoms with E-state index < -0.39 is 0 Å². The SMILES string of the molecule is CC(NCCc1ccc(-n2cccn2)cc1)c1cncc(F)c1. The second-order valence-electron chi connectivity index (χ2n) is 5.48. The van der Waals surface area contributed by atoms with Crippen LogP contribution in [0.2, 0.25) is 0 Å². The quantitative estimate of drug-likeness (QED) is 0.759. The van der Waals surface area contributed by atoms with E-state index >= 15 is 0 Å². The fourth-order valence-electron chi connectivity index (χ4n) is 2.45. The fourth-order valence-corrected chi connectivity index (χ4v) is 2.45. The summed E-state index contributed by atoms with van der Waals surface area (Å²) < 4.78 is 15.0. The van der Waals surface area contributed by atoms with Crippen molar-refractivity contribution in [3.05, 3.63) is 78.1 Å². The smallest absolute Gasteiger partial charge is 0.141 e. The molecule has 0 radical (unpaired) electrons. The molecule has 1 unspecified atom stereocenters. The average Bonchev–Trinajstić information content (AvgIpc) is 3.10. The Kier molecular flexibility index (Phi) is 4.78. The minimum atomic E-state index is -0.301. The first-order valence-electron chi connectivity index (χ1n) is 7.65. The minimum absolute atomic E-state index is 0.0709. The molecule has 4 nitrogen and oxygen atoms in total. The number of nitrogens with zero attached hydrogens (tertiary/aromatic N) is 3. The van der Waals surface area contributed by atoms with Gasteiger partial charge in [0.1, 0.15) is 5.82 Å². The molecule has 2 aromatic heterocycles. The zero-order chi connectivity index (χ0) is 16.1. The molecule has 0 bridgehead atoms. The van der Waals surface area contributed by atoms with Gasteiger partial charge in [0.25, 0.3) is 0 Å². The largest absolute Gasteiger partial charge is 0.310 e. The lowest BCUT2D eigenvalue weighted by atomic mass is 10.1. The van der Waals surface area contributed by atoms with Crippen LogP contribution in [-0.2, 0) is 6.42 Å². The van der Waals surface area contributed by atoms with Crippen LogP contribution in [0.3, 0.4) is 0 Å². The Bertz CT molecular complexity index is 738. The standard InChI is InChI=1S/C18H19FN4/c1-14(16-11-17(19)13-20-12-16)21-9-7-15-3-5-18(6-4-15)23-10-2-8-22-23/h2-6,8,10-14,21H,7,9H2,1H3. The summed E-state index contributed by atoms with van der Waals surface area (Å²) in [6.45, 7) is 2.83. The molecule has 0 saturated carbocycles. The van der Waals surface area contributed by atoms with E-state index in [-0.39, 0.29) is 11.9 Å².